The molecular formula is C18H15ClN6OS2. The van der Waals surface area contributed by atoms with E-state index >= 15 is 0 Å². The standard InChI is InChI=1S/C18H15ClN6OS2/c19-15-13(25-10-11-27-18(25)22-15)3-4-14(26)23-6-8-24(9-7-23)17-21-12-2-1-5-20-16(12)28-17/h1-5,10-11H,6-9H2/b4-3+. The van der Waals surface area contributed by atoms with E-state index in [0.29, 0.717) is 18.2 Å². The predicted molar refractivity (Wildman–Crippen MR) is 113 cm³/mol. The number of hydrogen-bond donors (Lipinski definition) is 0. The highest BCUT2D eigenvalue weighted by Crippen LogP contribution is 2.28. The number of carbonyl (C=O) groups excluding carboxylic acids is 1. The summed E-state index contributed by atoms with van der Waals surface area (Å²) < 4.78 is 1.88. The van der Waals surface area contributed by atoms with Crippen molar-refractivity contribution in [3.8, 4) is 0 Å². The summed E-state index contributed by atoms with van der Waals surface area (Å²) >= 11 is 9.28. The Balaban J connectivity index is 1.25. The summed E-state index contributed by atoms with van der Waals surface area (Å²) in [6.45, 7) is 2.81. The number of piperazine rings is 1. The second-order valence-corrected chi connectivity index (χ2v) is 8.50. The fourth-order valence-electron chi connectivity index (χ4n) is 3.19. The molecule has 1 aliphatic rings. The van der Waals surface area contributed by atoms with Gasteiger partial charge in [0.2, 0.25) is 5.91 Å². The van der Waals surface area contributed by atoms with Gasteiger partial charge in [0, 0.05) is 50.0 Å². The SMILES string of the molecule is O=C(/C=C/c1c(Cl)nc2sccn12)N1CCN(c2nc3cccnc3s2)CC1. The van der Waals surface area contributed by atoms with E-state index in [1.807, 2.05) is 33.0 Å². The maximum atomic E-state index is 12.6. The van der Waals surface area contributed by atoms with E-state index in [2.05, 4.69) is 19.9 Å². The third kappa shape index (κ3) is 3.15. The van der Waals surface area contributed by atoms with Gasteiger partial charge in [0.15, 0.2) is 15.2 Å². The Hall–Kier alpha value is -2.49. The fourth-order valence-corrected chi connectivity index (χ4v) is 5.16. The van der Waals surface area contributed by atoms with Crippen molar-refractivity contribution < 1.29 is 4.79 Å². The lowest BCUT2D eigenvalue weighted by molar-refractivity contribution is -0.126. The van der Waals surface area contributed by atoms with Crippen LogP contribution < -0.4 is 4.90 Å². The molecule has 28 heavy (non-hydrogen) atoms. The maximum absolute atomic E-state index is 12.6. The highest BCUT2D eigenvalue weighted by molar-refractivity contribution is 7.21. The largest absolute Gasteiger partial charge is 0.344 e. The molecule has 5 heterocycles. The Labute approximate surface area is 173 Å². The summed E-state index contributed by atoms with van der Waals surface area (Å²) in [5.41, 5.74) is 1.65. The van der Waals surface area contributed by atoms with Crippen molar-refractivity contribution in [2.75, 3.05) is 31.1 Å². The van der Waals surface area contributed by atoms with Crippen LogP contribution in [-0.2, 0) is 4.79 Å². The Bertz CT molecular complexity index is 1150. The first kappa shape index (κ1) is 17.6. The molecule has 1 saturated heterocycles. The van der Waals surface area contributed by atoms with Crippen LogP contribution in [-0.4, -0.2) is 56.3 Å². The van der Waals surface area contributed by atoms with Crippen molar-refractivity contribution in [3.05, 3.63) is 46.8 Å². The van der Waals surface area contributed by atoms with Crippen LogP contribution >= 0.6 is 34.3 Å². The predicted octanol–water partition coefficient (Wildman–Crippen LogP) is 3.42. The topological polar surface area (TPSA) is 66.6 Å². The van der Waals surface area contributed by atoms with E-state index in [-0.39, 0.29) is 5.91 Å². The second-order valence-electron chi connectivity index (χ2n) is 6.31. The molecule has 1 fully saturated rings. The minimum Gasteiger partial charge on any atom is -0.344 e. The smallest absolute Gasteiger partial charge is 0.246 e. The van der Waals surface area contributed by atoms with Crippen molar-refractivity contribution in [2.45, 2.75) is 0 Å². The van der Waals surface area contributed by atoms with E-state index in [0.717, 1.165) is 39.2 Å². The number of thiazole rings is 2. The molecule has 0 atom stereocenters. The highest BCUT2D eigenvalue weighted by Gasteiger charge is 2.22. The lowest BCUT2D eigenvalue weighted by Gasteiger charge is -2.34. The molecule has 0 saturated carbocycles. The molecule has 1 aliphatic heterocycles. The number of rotatable bonds is 3. The van der Waals surface area contributed by atoms with E-state index in [1.54, 1.807) is 29.7 Å². The number of anilines is 1. The summed E-state index contributed by atoms with van der Waals surface area (Å²) in [6.07, 6.45) is 6.99. The van der Waals surface area contributed by atoms with Gasteiger partial charge in [-0.15, -0.1) is 11.3 Å². The number of pyridine rings is 1. The Morgan fingerprint density at radius 2 is 2.07 bits per heavy atom. The van der Waals surface area contributed by atoms with Gasteiger partial charge in [0.25, 0.3) is 0 Å². The summed E-state index contributed by atoms with van der Waals surface area (Å²) in [4.78, 5) is 31.7. The van der Waals surface area contributed by atoms with Crippen LogP contribution in [0.2, 0.25) is 5.15 Å². The molecule has 0 aliphatic carbocycles. The Kier molecular flexibility index (Phi) is 4.50. The van der Waals surface area contributed by atoms with E-state index < -0.39 is 0 Å². The van der Waals surface area contributed by atoms with Crippen molar-refractivity contribution in [1.29, 1.82) is 0 Å². The van der Waals surface area contributed by atoms with Crippen molar-refractivity contribution in [1.82, 2.24) is 24.3 Å². The molecule has 7 nitrogen and oxygen atoms in total. The quantitative estimate of drug-likeness (QED) is 0.466. The van der Waals surface area contributed by atoms with Crippen molar-refractivity contribution in [3.63, 3.8) is 0 Å². The summed E-state index contributed by atoms with van der Waals surface area (Å²) in [5, 5.41) is 3.31. The number of imidazole rings is 1. The van der Waals surface area contributed by atoms with E-state index in [1.165, 1.54) is 11.3 Å². The lowest BCUT2D eigenvalue weighted by atomic mass is 10.3. The average Bonchev–Trinajstić information content (AvgIpc) is 3.41. The van der Waals surface area contributed by atoms with Gasteiger partial charge >= 0.3 is 0 Å². The molecule has 4 aromatic rings. The zero-order valence-electron chi connectivity index (χ0n) is 14.7. The van der Waals surface area contributed by atoms with Gasteiger partial charge in [-0.2, -0.15) is 0 Å². The molecule has 5 rings (SSSR count). The van der Waals surface area contributed by atoms with Gasteiger partial charge in [-0.3, -0.25) is 9.20 Å². The van der Waals surface area contributed by atoms with Gasteiger partial charge in [0.05, 0.1) is 5.69 Å². The number of halogens is 1. The van der Waals surface area contributed by atoms with Gasteiger partial charge in [-0.1, -0.05) is 22.9 Å². The number of fused-ring (bicyclic) bond motifs is 2. The Morgan fingerprint density at radius 1 is 1.21 bits per heavy atom. The summed E-state index contributed by atoms with van der Waals surface area (Å²) in [7, 11) is 0. The number of nitrogens with zero attached hydrogens (tertiary/aromatic N) is 6. The Morgan fingerprint density at radius 3 is 2.89 bits per heavy atom. The lowest BCUT2D eigenvalue weighted by Crippen LogP contribution is -2.48. The molecule has 0 radical (unpaired) electrons. The number of carbonyl (C=O) groups is 1. The molecule has 4 aromatic heterocycles. The molecule has 0 bridgehead atoms. The number of hydrogen-bond acceptors (Lipinski definition) is 7. The monoisotopic (exact) mass is 430 g/mol. The van der Waals surface area contributed by atoms with E-state index in [4.69, 9.17) is 11.6 Å². The molecule has 0 N–H and O–H groups in total. The summed E-state index contributed by atoms with van der Waals surface area (Å²) in [5.74, 6) is -0.0214. The molecule has 0 unspecified atom stereocenters. The zero-order chi connectivity index (χ0) is 19.1. The fraction of sp³-hybridized carbons (Fsp3) is 0.222. The van der Waals surface area contributed by atoms with Crippen LogP contribution in [0.25, 0.3) is 21.4 Å². The normalized spacial score (nSPS) is 15.3. The average molecular weight is 431 g/mol. The van der Waals surface area contributed by atoms with Gasteiger partial charge in [-0.25, -0.2) is 15.0 Å². The first-order chi connectivity index (χ1) is 13.7. The van der Waals surface area contributed by atoms with Crippen LogP contribution in [0.5, 0.6) is 0 Å². The van der Waals surface area contributed by atoms with Crippen LogP contribution in [0, 0.1) is 0 Å². The molecule has 0 aromatic carbocycles. The number of aromatic nitrogens is 4. The van der Waals surface area contributed by atoms with Gasteiger partial charge in [0.1, 0.15) is 10.3 Å². The summed E-state index contributed by atoms with van der Waals surface area (Å²) in [6, 6.07) is 3.87. The maximum Gasteiger partial charge on any atom is 0.246 e. The van der Waals surface area contributed by atoms with Crippen molar-refractivity contribution >= 4 is 66.7 Å². The third-order valence-corrected chi connectivity index (χ3v) is 6.73. The molecular weight excluding hydrogens is 416 g/mol. The first-order valence-corrected chi connectivity index (χ1v) is 10.8. The minimum atomic E-state index is -0.0214. The van der Waals surface area contributed by atoms with Crippen LogP contribution in [0.15, 0.2) is 36.0 Å². The molecule has 0 spiro atoms. The minimum absolute atomic E-state index is 0.0214. The molecule has 1 amide bonds. The highest BCUT2D eigenvalue weighted by atomic mass is 35.5. The van der Waals surface area contributed by atoms with Crippen molar-refractivity contribution in [2.24, 2.45) is 0 Å². The number of amides is 1. The van der Waals surface area contributed by atoms with Crippen LogP contribution in [0.1, 0.15) is 5.69 Å². The van der Waals surface area contributed by atoms with Crippen LogP contribution in [0.4, 0.5) is 5.13 Å². The van der Waals surface area contributed by atoms with Gasteiger partial charge in [-0.05, 0) is 18.2 Å². The van der Waals surface area contributed by atoms with Gasteiger partial charge < -0.3 is 9.80 Å². The third-order valence-electron chi connectivity index (χ3n) is 4.65. The van der Waals surface area contributed by atoms with Crippen LogP contribution in [0.3, 0.4) is 0 Å². The zero-order valence-corrected chi connectivity index (χ0v) is 17.0. The first-order valence-electron chi connectivity index (χ1n) is 8.73. The second kappa shape index (κ2) is 7.16. The van der Waals surface area contributed by atoms with E-state index in [9.17, 15) is 4.79 Å². The molecule has 10 heteroatoms. The molecule has 142 valence electrons.